The van der Waals surface area contributed by atoms with E-state index in [1.165, 1.54) is 6.20 Å². The molecule has 0 aliphatic carbocycles. The lowest BCUT2D eigenvalue weighted by molar-refractivity contribution is 0.100. The van der Waals surface area contributed by atoms with E-state index in [4.69, 9.17) is 11.5 Å². The number of primary amides is 1. The highest BCUT2D eigenvalue weighted by atomic mass is 16.1. The third-order valence-electron chi connectivity index (χ3n) is 2.38. The number of aromatic nitrogens is 1. The van der Waals surface area contributed by atoms with Crippen LogP contribution in [0.15, 0.2) is 12.3 Å². The smallest absolute Gasteiger partial charge is 0.252 e. The summed E-state index contributed by atoms with van der Waals surface area (Å²) in [5.41, 5.74) is 11.6. The predicted molar refractivity (Wildman–Crippen MR) is 69.7 cm³/mol. The van der Waals surface area contributed by atoms with Crippen molar-refractivity contribution in [3.8, 4) is 0 Å². The maximum atomic E-state index is 11.3. The molecule has 1 atom stereocenters. The van der Waals surface area contributed by atoms with E-state index in [1.807, 2.05) is 6.92 Å². The molecule has 1 rings (SSSR count). The molecule has 1 amide bonds. The average Bonchev–Trinajstić information content (AvgIpc) is 2.19. The van der Waals surface area contributed by atoms with Crippen molar-refractivity contribution in [2.24, 2.45) is 11.7 Å². The van der Waals surface area contributed by atoms with Crippen LogP contribution in [0.4, 0.5) is 11.5 Å². The Morgan fingerprint density at radius 1 is 1.47 bits per heavy atom. The van der Waals surface area contributed by atoms with Gasteiger partial charge in [-0.25, -0.2) is 4.98 Å². The monoisotopic (exact) mass is 236 g/mol. The zero-order valence-electron chi connectivity index (χ0n) is 10.5. The fraction of sp³-hybridized carbons (Fsp3) is 0.500. The lowest BCUT2D eigenvalue weighted by Crippen LogP contribution is -2.22. The average molecular weight is 236 g/mol. The first-order valence-electron chi connectivity index (χ1n) is 5.72. The van der Waals surface area contributed by atoms with Crippen LogP contribution in [0.1, 0.15) is 37.6 Å². The number of anilines is 2. The number of nitrogens with zero attached hydrogens (tertiary/aromatic N) is 1. The summed E-state index contributed by atoms with van der Waals surface area (Å²) in [4.78, 5) is 15.4. The number of nitrogen functional groups attached to an aromatic ring is 1. The van der Waals surface area contributed by atoms with Gasteiger partial charge >= 0.3 is 0 Å². The minimum atomic E-state index is -0.524. The first-order valence-corrected chi connectivity index (χ1v) is 5.72. The summed E-state index contributed by atoms with van der Waals surface area (Å²) in [6.07, 6.45) is 2.50. The fourth-order valence-electron chi connectivity index (χ4n) is 1.78. The van der Waals surface area contributed by atoms with Crippen molar-refractivity contribution < 1.29 is 4.79 Å². The minimum absolute atomic E-state index is 0.226. The Morgan fingerprint density at radius 3 is 2.65 bits per heavy atom. The number of pyridine rings is 1. The van der Waals surface area contributed by atoms with Crippen molar-refractivity contribution in [3.05, 3.63) is 17.8 Å². The van der Waals surface area contributed by atoms with Crippen LogP contribution in [-0.2, 0) is 0 Å². The van der Waals surface area contributed by atoms with Gasteiger partial charge in [0, 0.05) is 6.04 Å². The third kappa shape index (κ3) is 3.94. The van der Waals surface area contributed by atoms with Crippen molar-refractivity contribution in [2.45, 2.75) is 33.2 Å². The lowest BCUT2D eigenvalue weighted by atomic mass is 10.1. The summed E-state index contributed by atoms with van der Waals surface area (Å²) in [6.45, 7) is 6.33. The number of carbonyl (C=O) groups is 1. The zero-order valence-corrected chi connectivity index (χ0v) is 10.5. The second kappa shape index (κ2) is 5.52. The molecule has 94 valence electrons. The number of nitrogens with two attached hydrogens (primary N) is 2. The molecule has 1 unspecified atom stereocenters. The van der Waals surface area contributed by atoms with Gasteiger partial charge in [-0.05, 0) is 25.3 Å². The van der Waals surface area contributed by atoms with Gasteiger partial charge in [-0.1, -0.05) is 13.8 Å². The molecular formula is C12H20N4O. The molecule has 1 aromatic heterocycles. The second-order valence-corrected chi connectivity index (χ2v) is 4.70. The Kier molecular flexibility index (Phi) is 4.31. The molecule has 0 radical (unpaired) electrons. The van der Waals surface area contributed by atoms with Gasteiger partial charge in [0.25, 0.3) is 5.91 Å². The van der Waals surface area contributed by atoms with Crippen LogP contribution in [0.5, 0.6) is 0 Å². The SMILES string of the molecule is CC(C)CC(C)Nc1ncc(N)cc1C(N)=O. The van der Waals surface area contributed by atoms with Gasteiger partial charge in [0.15, 0.2) is 0 Å². The van der Waals surface area contributed by atoms with E-state index in [-0.39, 0.29) is 6.04 Å². The molecule has 1 heterocycles. The van der Waals surface area contributed by atoms with E-state index in [2.05, 4.69) is 24.1 Å². The molecule has 0 spiro atoms. The fourth-order valence-corrected chi connectivity index (χ4v) is 1.78. The number of amides is 1. The second-order valence-electron chi connectivity index (χ2n) is 4.70. The third-order valence-corrected chi connectivity index (χ3v) is 2.38. The van der Waals surface area contributed by atoms with E-state index in [0.29, 0.717) is 23.0 Å². The Labute approximate surface area is 102 Å². The molecule has 0 saturated carbocycles. The maximum Gasteiger partial charge on any atom is 0.252 e. The van der Waals surface area contributed by atoms with Crippen LogP contribution in [0.2, 0.25) is 0 Å². The summed E-state index contributed by atoms with van der Waals surface area (Å²) in [5, 5.41) is 3.18. The summed E-state index contributed by atoms with van der Waals surface area (Å²) in [6, 6.07) is 1.77. The predicted octanol–water partition coefficient (Wildman–Crippen LogP) is 1.61. The van der Waals surface area contributed by atoms with Crippen molar-refractivity contribution >= 4 is 17.4 Å². The van der Waals surface area contributed by atoms with E-state index < -0.39 is 5.91 Å². The van der Waals surface area contributed by atoms with Gasteiger partial charge in [0.05, 0.1) is 17.4 Å². The summed E-state index contributed by atoms with van der Waals surface area (Å²) in [7, 11) is 0. The van der Waals surface area contributed by atoms with Crippen molar-refractivity contribution in [1.29, 1.82) is 0 Å². The maximum absolute atomic E-state index is 11.3. The Morgan fingerprint density at radius 2 is 2.12 bits per heavy atom. The highest BCUT2D eigenvalue weighted by Gasteiger charge is 2.13. The van der Waals surface area contributed by atoms with Gasteiger partial charge in [0.1, 0.15) is 5.82 Å². The van der Waals surface area contributed by atoms with Crippen molar-refractivity contribution in [2.75, 3.05) is 11.1 Å². The molecule has 5 nitrogen and oxygen atoms in total. The molecule has 0 fully saturated rings. The normalized spacial score (nSPS) is 12.5. The number of hydrogen-bond acceptors (Lipinski definition) is 4. The number of nitrogens with one attached hydrogen (secondary N) is 1. The van der Waals surface area contributed by atoms with Crippen LogP contribution < -0.4 is 16.8 Å². The van der Waals surface area contributed by atoms with E-state index >= 15 is 0 Å². The quantitative estimate of drug-likeness (QED) is 0.724. The van der Waals surface area contributed by atoms with Gasteiger partial charge in [-0.3, -0.25) is 4.79 Å². The van der Waals surface area contributed by atoms with E-state index in [0.717, 1.165) is 6.42 Å². The molecule has 17 heavy (non-hydrogen) atoms. The molecule has 5 heteroatoms. The zero-order chi connectivity index (χ0) is 13.0. The first-order chi connectivity index (χ1) is 7.90. The lowest BCUT2D eigenvalue weighted by Gasteiger charge is -2.18. The number of rotatable bonds is 5. The standard InChI is InChI=1S/C12H20N4O/c1-7(2)4-8(3)16-12-10(11(14)17)5-9(13)6-15-12/h5-8H,4,13H2,1-3H3,(H2,14,17)(H,15,16). The Balaban J connectivity index is 2.86. The molecule has 0 bridgehead atoms. The van der Waals surface area contributed by atoms with Crippen LogP contribution >= 0.6 is 0 Å². The molecule has 0 aromatic carbocycles. The van der Waals surface area contributed by atoms with Crippen molar-refractivity contribution in [1.82, 2.24) is 4.98 Å². The van der Waals surface area contributed by atoms with E-state index in [9.17, 15) is 4.79 Å². The van der Waals surface area contributed by atoms with Gasteiger partial charge in [0.2, 0.25) is 0 Å². The Bertz CT molecular complexity index is 403. The summed E-state index contributed by atoms with van der Waals surface area (Å²) < 4.78 is 0. The highest BCUT2D eigenvalue weighted by molar-refractivity contribution is 5.98. The van der Waals surface area contributed by atoms with Gasteiger partial charge < -0.3 is 16.8 Å². The van der Waals surface area contributed by atoms with Gasteiger partial charge in [-0.15, -0.1) is 0 Å². The molecular weight excluding hydrogens is 216 g/mol. The Hall–Kier alpha value is -1.78. The summed E-state index contributed by atoms with van der Waals surface area (Å²) in [5.74, 6) is 0.548. The van der Waals surface area contributed by atoms with Crippen LogP contribution in [0, 0.1) is 5.92 Å². The number of hydrogen-bond donors (Lipinski definition) is 3. The van der Waals surface area contributed by atoms with E-state index in [1.54, 1.807) is 6.07 Å². The van der Waals surface area contributed by atoms with Crippen molar-refractivity contribution in [3.63, 3.8) is 0 Å². The molecule has 0 saturated heterocycles. The van der Waals surface area contributed by atoms with Crippen LogP contribution in [-0.4, -0.2) is 16.9 Å². The molecule has 0 aliphatic rings. The first kappa shape index (κ1) is 13.3. The van der Waals surface area contributed by atoms with Gasteiger partial charge in [-0.2, -0.15) is 0 Å². The minimum Gasteiger partial charge on any atom is -0.397 e. The molecule has 1 aromatic rings. The van der Waals surface area contributed by atoms with Crippen LogP contribution in [0.25, 0.3) is 0 Å². The number of carbonyl (C=O) groups excluding carboxylic acids is 1. The largest absolute Gasteiger partial charge is 0.397 e. The highest BCUT2D eigenvalue weighted by Crippen LogP contribution is 2.17. The topological polar surface area (TPSA) is 94.0 Å². The summed E-state index contributed by atoms with van der Waals surface area (Å²) >= 11 is 0. The molecule has 0 aliphatic heterocycles. The van der Waals surface area contributed by atoms with Crippen LogP contribution in [0.3, 0.4) is 0 Å². The molecule has 5 N–H and O–H groups in total.